The van der Waals surface area contributed by atoms with Crippen LogP contribution in [0.15, 0.2) is 42.6 Å². The first-order chi connectivity index (χ1) is 16.4. The van der Waals surface area contributed by atoms with Gasteiger partial charge in [0.2, 0.25) is 5.91 Å². The predicted molar refractivity (Wildman–Crippen MR) is 129 cm³/mol. The van der Waals surface area contributed by atoms with Gasteiger partial charge in [0.05, 0.1) is 11.7 Å². The molecule has 1 aromatic carbocycles. The summed E-state index contributed by atoms with van der Waals surface area (Å²) in [5.41, 5.74) is 9.01. The maximum Gasteiger partial charge on any atom is 0.217 e. The number of fused-ring (bicyclic) bond motifs is 3. The van der Waals surface area contributed by atoms with Gasteiger partial charge < -0.3 is 10.5 Å². The van der Waals surface area contributed by atoms with Crippen molar-refractivity contribution in [1.82, 2.24) is 19.5 Å². The van der Waals surface area contributed by atoms with Gasteiger partial charge in [-0.1, -0.05) is 24.3 Å². The van der Waals surface area contributed by atoms with Gasteiger partial charge in [0.1, 0.15) is 11.9 Å². The zero-order valence-electron chi connectivity index (χ0n) is 20.0. The van der Waals surface area contributed by atoms with Gasteiger partial charge in [-0.15, -0.1) is 10.2 Å². The van der Waals surface area contributed by atoms with Gasteiger partial charge in [-0.2, -0.15) is 0 Å². The number of amides is 1. The van der Waals surface area contributed by atoms with E-state index in [4.69, 9.17) is 10.5 Å². The lowest BCUT2D eigenvalue weighted by atomic mass is 9.76. The second kappa shape index (κ2) is 7.80. The highest BCUT2D eigenvalue weighted by Gasteiger charge is 2.57. The minimum Gasteiger partial charge on any atom is -0.484 e. The van der Waals surface area contributed by atoms with Crippen LogP contribution in [0.3, 0.4) is 0 Å². The summed E-state index contributed by atoms with van der Waals surface area (Å²) in [4.78, 5) is 13.7. The van der Waals surface area contributed by atoms with Crippen LogP contribution < -0.4 is 10.5 Å². The van der Waals surface area contributed by atoms with Gasteiger partial charge in [0.15, 0.2) is 11.5 Å². The molecular formula is C27H33N5O2. The highest BCUT2D eigenvalue weighted by Crippen LogP contribution is 2.63. The SMILES string of the molecule is CN1CCC[C@@]1(C)c1nnc2ccc(O[C@@H]3CC[C@]4(CC4CCC(N)=O)c4ccccc43)cn12. The van der Waals surface area contributed by atoms with Crippen LogP contribution in [0.4, 0.5) is 0 Å². The number of hydrogen-bond donors (Lipinski definition) is 1. The van der Waals surface area contributed by atoms with Crippen LogP contribution in [0.1, 0.15) is 74.9 Å². The monoisotopic (exact) mass is 459 g/mol. The van der Waals surface area contributed by atoms with Gasteiger partial charge in [0, 0.05) is 6.42 Å². The van der Waals surface area contributed by atoms with E-state index in [1.807, 2.05) is 12.1 Å². The van der Waals surface area contributed by atoms with Gasteiger partial charge >= 0.3 is 0 Å². The molecule has 6 rings (SSSR count). The standard InChI is InChI=1S/C27H33N5O2/c1-26(13-5-15-31(26)2)25-30-29-24-11-9-19(17-32(24)25)34-22-12-14-27(16-18(27)8-10-23(28)33)21-7-4-3-6-20(21)22/h3-4,6-7,9,11,17-18,22H,5,8,10,12-16H2,1-2H3,(H2,28,33)/t18?,22-,26+,27-/m1/s1. The number of primary amides is 1. The van der Waals surface area contributed by atoms with E-state index in [0.717, 1.165) is 55.9 Å². The molecule has 34 heavy (non-hydrogen) atoms. The van der Waals surface area contributed by atoms with Crippen molar-refractivity contribution in [2.45, 2.75) is 68.9 Å². The quantitative estimate of drug-likeness (QED) is 0.600. The number of nitrogens with two attached hydrogens (primary N) is 1. The summed E-state index contributed by atoms with van der Waals surface area (Å²) in [6, 6.07) is 12.7. The molecule has 0 bridgehead atoms. The van der Waals surface area contributed by atoms with Crippen LogP contribution >= 0.6 is 0 Å². The van der Waals surface area contributed by atoms with E-state index in [1.165, 1.54) is 17.5 Å². The Balaban J connectivity index is 1.28. The number of rotatable bonds is 6. The molecule has 1 amide bonds. The van der Waals surface area contributed by atoms with Crippen LogP contribution in [0.5, 0.6) is 5.75 Å². The number of hydrogen-bond acceptors (Lipinski definition) is 5. The van der Waals surface area contributed by atoms with Crippen molar-refractivity contribution < 1.29 is 9.53 Å². The van der Waals surface area contributed by atoms with Crippen molar-refractivity contribution in [2.24, 2.45) is 11.7 Å². The van der Waals surface area contributed by atoms with Crippen LogP contribution in [0.25, 0.3) is 5.65 Å². The third-order valence-corrected chi connectivity index (χ3v) is 8.80. The first kappa shape index (κ1) is 21.6. The summed E-state index contributed by atoms with van der Waals surface area (Å²) >= 11 is 0. The number of carbonyl (C=O) groups excluding carboxylic acids is 1. The average molecular weight is 460 g/mol. The van der Waals surface area contributed by atoms with Crippen molar-refractivity contribution in [3.8, 4) is 5.75 Å². The highest BCUT2D eigenvalue weighted by molar-refractivity contribution is 5.73. The Morgan fingerprint density at radius 1 is 1.21 bits per heavy atom. The molecule has 1 spiro atoms. The Bertz CT molecular complexity index is 1250. The predicted octanol–water partition coefficient (Wildman–Crippen LogP) is 4.11. The fraction of sp³-hybridized carbons (Fsp3) is 0.519. The number of ether oxygens (including phenoxy) is 1. The molecule has 2 aliphatic carbocycles. The van der Waals surface area contributed by atoms with E-state index in [0.29, 0.717) is 12.3 Å². The molecule has 0 radical (unpaired) electrons. The molecule has 2 aromatic heterocycles. The fourth-order valence-electron chi connectivity index (χ4n) is 6.60. The average Bonchev–Trinajstić information content (AvgIpc) is 3.16. The molecule has 2 fully saturated rings. The number of aromatic nitrogens is 3. The number of carbonyl (C=O) groups is 1. The lowest BCUT2D eigenvalue weighted by Gasteiger charge is -2.33. The lowest BCUT2D eigenvalue weighted by Crippen LogP contribution is -2.37. The maximum atomic E-state index is 11.3. The van der Waals surface area contributed by atoms with E-state index < -0.39 is 0 Å². The largest absolute Gasteiger partial charge is 0.484 e. The molecule has 1 saturated heterocycles. The summed E-state index contributed by atoms with van der Waals surface area (Å²) in [5.74, 6) is 2.16. The van der Waals surface area contributed by atoms with Gasteiger partial charge in [-0.3, -0.25) is 14.1 Å². The fourth-order valence-corrected chi connectivity index (χ4v) is 6.60. The van der Waals surface area contributed by atoms with Crippen molar-refractivity contribution in [3.05, 3.63) is 59.5 Å². The van der Waals surface area contributed by atoms with E-state index >= 15 is 0 Å². The second-order valence-corrected chi connectivity index (χ2v) is 10.7. The normalized spacial score (nSPS) is 30.5. The van der Waals surface area contributed by atoms with Crippen molar-refractivity contribution in [3.63, 3.8) is 0 Å². The third-order valence-electron chi connectivity index (χ3n) is 8.80. The zero-order chi connectivity index (χ0) is 23.5. The molecule has 3 aliphatic rings. The first-order valence-electron chi connectivity index (χ1n) is 12.5. The number of pyridine rings is 1. The molecule has 2 N–H and O–H groups in total. The van der Waals surface area contributed by atoms with E-state index in [9.17, 15) is 4.79 Å². The maximum absolute atomic E-state index is 11.3. The molecule has 7 nitrogen and oxygen atoms in total. The molecular weight excluding hydrogens is 426 g/mol. The van der Waals surface area contributed by atoms with Crippen LogP contribution in [-0.2, 0) is 15.7 Å². The summed E-state index contributed by atoms with van der Waals surface area (Å²) < 4.78 is 8.73. The Labute approximate surface area is 200 Å². The Hall–Kier alpha value is -2.93. The molecule has 7 heteroatoms. The summed E-state index contributed by atoms with van der Waals surface area (Å²) in [5, 5.41) is 9.00. The van der Waals surface area contributed by atoms with Gasteiger partial charge in [-0.05, 0) is 93.6 Å². The first-order valence-corrected chi connectivity index (χ1v) is 12.5. The number of benzene rings is 1. The smallest absolute Gasteiger partial charge is 0.217 e. The molecule has 3 heterocycles. The molecule has 178 valence electrons. The minimum atomic E-state index is -0.200. The molecule has 3 aromatic rings. The minimum absolute atomic E-state index is 0.0151. The summed E-state index contributed by atoms with van der Waals surface area (Å²) in [6.07, 6.45) is 8.87. The Morgan fingerprint density at radius 2 is 2.06 bits per heavy atom. The molecule has 1 unspecified atom stereocenters. The van der Waals surface area contributed by atoms with E-state index in [2.05, 4.69) is 63.9 Å². The Kier molecular flexibility index (Phi) is 4.96. The van der Waals surface area contributed by atoms with Gasteiger partial charge in [0.25, 0.3) is 0 Å². The zero-order valence-corrected chi connectivity index (χ0v) is 20.0. The van der Waals surface area contributed by atoms with Crippen LogP contribution in [-0.4, -0.2) is 39.0 Å². The topological polar surface area (TPSA) is 85.8 Å². The van der Waals surface area contributed by atoms with E-state index in [1.54, 1.807) is 0 Å². The highest BCUT2D eigenvalue weighted by atomic mass is 16.5. The molecule has 1 saturated carbocycles. The van der Waals surface area contributed by atoms with Crippen LogP contribution in [0, 0.1) is 5.92 Å². The van der Waals surface area contributed by atoms with Gasteiger partial charge in [-0.25, -0.2) is 0 Å². The van der Waals surface area contributed by atoms with Crippen molar-refractivity contribution >= 4 is 11.6 Å². The van der Waals surface area contributed by atoms with Crippen molar-refractivity contribution in [1.29, 1.82) is 0 Å². The molecule has 4 atom stereocenters. The summed E-state index contributed by atoms with van der Waals surface area (Å²) in [7, 11) is 2.16. The third kappa shape index (κ3) is 3.32. The van der Waals surface area contributed by atoms with Crippen LogP contribution in [0.2, 0.25) is 0 Å². The summed E-state index contributed by atoms with van der Waals surface area (Å²) in [6.45, 7) is 3.33. The Morgan fingerprint density at radius 3 is 2.85 bits per heavy atom. The van der Waals surface area contributed by atoms with E-state index in [-0.39, 0.29) is 23.0 Å². The van der Waals surface area contributed by atoms with Crippen molar-refractivity contribution in [2.75, 3.05) is 13.6 Å². The lowest BCUT2D eigenvalue weighted by molar-refractivity contribution is -0.118. The second-order valence-electron chi connectivity index (χ2n) is 10.7. The number of likely N-dealkylation sites (tertiary alicyclic amines) is 1. The number of nitrogens with zero attached hydrogens (tertiary/aromatic N) is 4. The molecule has 1 aliphatic heterocycles.